The third kappa shape index (κ3) is 5.78. The molecule has 4 nitrogen and oxygen atoms in total. The second kappa shape index (κ2) is 9.59. The number of hydrogen-bond acceptors (Lipinski definition) is 3. The molecular formula is C18H28N2O2. The van der Waals surface area contributed by atoms with Crippen molar-refractivity contribution in [2.24, 2.45) is 0 Å². The summed E-state index contributed by atoms with van der Waals surface area (Å²) in [5.74, 6) is 0.200. The third-order valence-corrected chi connectivity index (χ3v) is 4.23. The van der Waals surface area contributed by atoms with Gasteiger partial charge in [-0.05, 0) is 18.4 Å². The maximum Gasteiger partial charge on any atom is 0.236 e. The topological polar surface area (TPSA) is 43.8 Å². The quantitative estimate of drug-likeness (QED) is 0.877. The van der Waals surface area contributed by atoms with Crippen LogP contribution in [0.3, 0.4) is 0 Å². The molecule has 122 valence electrons. The largest absolute Gasteiger partial charge is 0.395 e. The van der Waals surface area contributed by atoms with E-state index in [1.54, 1.807) is 0 Å². The molecule has 1 aliphatic rings. The second-order valence-electron chi connectivity index (χ2n) is 6.07. The number of nitrogens with zero attached hydrogens (tertiary/aromatic N) is 2. The normalized spacial score (nSPS) is 16.4. The van der Waals surface area contributed by atoms with E-state index in [2.05, 4.69) is 12.1 Å². The Morgan fingerprint density at radius 3 is 2.32 bits per heavy atom. The van der Waals surface area contributed by atoms with Crippen LogP contribution in [0.2, 0.25) is 0 Å². The Bertz CT molecular complexity index is 428. The van der Waals surface area contributed by atoms with Crippen molar-refractivity contribution in [1.82, 2.24) is 9.80 Å². The summed E-state index contributed by atoms with van der Waals surface area (Å²) in [7, 11) is 0. The van der Waals surface area contributed by atoms with E-state index in [1.165, 1.54) is 24.8 Å². The van der Waals surface area contributed by atoms with E-state index in [1.807, 2.05) is 28.0 Å². The number of aliphatic hydroxyl groups excluding tert-OH is 1. The lowest BCUT2D eigenvalue weighted by Crippen LogP contribution is -2.42. The smallest absolute Gasteiger partial charge is 0.236 e. The number of aliphatic hydroxyl groups is 1. The molecule has 0 spiro atoms. The van der Waals surface area contributed by atoms with E-state index in [0.717, 1.165) is 25.9 Å². The molecule has 1 N–H and O–H groups in total. The van der Waals surface area contributed by atoms with Gasteiger partial charge in [-0.15, -0.1) is 0 Å². The van der Waals surface area contributed by atoms with Crippen LogP contribution in [-0.2, 0) is 11.3 Å². The fraction of sp³-hybridized carbons (Fsp3) is 0.611. The van der Waals surface area contributed by atoms with Gasteiger partial charge in [0.2, 0.25) is 5.91 Å². The monoisotopic (exact) mass is 304 g/mol. The fourth-order valence-corrected chi connectivity index (χ4v) is 2.99. The first kappa shape index (κ1) is 17.0. The van der Waals surface area contributed by atoms with Crippen molar-refractivity contribution >= 4 is 5.91 Å². The van der Waals surface area contributed by atoms with E-state index >= 15 is 0 Å². The highest BCUT2D eigenvalue weighted by molar-refractivity contribution is 5.78. The Balaban J connectivity index is 1.89. The number of amides is 1. The van der Waals surface area contributed by atoms with Crippen LogP contribution in [0, 0.1) is 0 Å². The standard InChI is InChI=1S/C18H28N2O2/c21-14-13-19(15-17-9-5-4-6-10-17)16-18(22)20-11-7-2-1-3-8-12-20/h4-6,9-10,21H,1-3,7-8,11-16H2. The molecule has 0 bridgehead atoms. The molecule has 1 heterocycles. The van der Waals surface area contributed by atoms with Gasteiger partial charge in [-0.1, -0.05) is 49.6 Å². The molecule has 22 heavy (non-hydrogen) atoms. The lowest BCUT2D eigenvalue weighted by atomic mass is 10.1. The molecule has 0 saturated carbocycles. The van der Waals surface area contributed by atoms with Crippen LogP contribution < -0.4 is 0 Å². The molecule has 0 aliphatic carbocycles. The summed E-state index contributed by atoms with van der Waals surface area (Å²) in [6.45, 7) is 3.50. The first-order valence-electron chi connectivity index (χ1n) is 8.44. The Morgan fingerprint density at radius 1 is 1.05 bits per heavy atom. The van der Waals surface area contributed by atoms with Crippen molar-refractivity contribution in [3.8, 4) is 0 Å². The van der Waals surface area contributed by atoms with Gasteiger partial charge < -0.3 is 10.0 Å². The minimum atomic E-state index is 0.0834. The Kier molecular flexibility index (Phi) is 7.40. The number of carbonyl (C=O) groups excluding carboxylic acids is 1. The molecule has 1 fully saturated rings. The number of rotatable bonds is 6. The summed E-state index contributed by atoms with van der Waals surface area (Å²) in [5, 5.41) is 9.25. The molecule has 1 saturated heterocycles. The van der Waals surface area contributed by atoms with Crippen molar-refractivity contribution in [2.75, 3.05) is 32.8 Å². The Morgan fingerprint density at radius 2 is 1.68 bits per heavy atom. The van der Waals surface area contributed by atoms with E-state index in [-0.39, 0.29) is 12.5 Å². The molecule has 1 aromatic carbocycles. The number of carbonyl (C=O) groups is 1. The van der Waals surface area contributed by atoms with Crippen molar-refractivity contribution in [3.05, 3.63) is 35.9 Å². The zero-order valence-corrected chi connectivity index (χ0v) is 13.4. The Hall–Kier alpha value is -1.39. The molecule has 0 radical (unpaired) electrons. The molecule has 2 rings (SSSR count). The second-order valence-corrected chi connectivity index (χ2v) is 6.07. The van der Waals surface area contributed by atoms with Crippen molar-refractivity contribution in [2.45, 2.75) is 38.6 Å². The summed E-state index contributed by atoms with van der Waals surface area (Å²) >= 11 is 0. The first-order chi connectivity index (χ1) is 10.8. The Labute approximate surface area is 133 Å². The van der Waals surface area contributed by atoms with Gasteiger partial charge in [-0.3, -0.25) is 9.69 Å². The molecule has 1 amide bonds. The molecule has 0 unspecified atom stereocenters. The zero-order valence-electron chi connectivity index (χ0n) is 13.4. The maximum atomic E-state index is 12.5. The predicted octanol–water partition coefficient (Wildman–Crippen LogP) is 2.27. The van der Waals surface area contributed by atoms with Gasteiger partial charge in [-0.2, -0.15) is 0 Å². The lowest BCUT2D eigenvalue weighted by Gasteiger charge is -2.28. The summed E-state index contributed by atoms with van der Waals surface area (Å²) < 4.78 is 0. The van der Waals surface area contributed by atoms with Crippen LogP contribution in [-0.4, -0.2) is 53.6 Å². The maximum absolute atomic E-state index is 12.5. The van der Waals surface area contributed by atoms with Crippen LogP contribution in [0.15, 0.2) is 30.3 Å². The van der Waals surface area contributed by atoms with E-state index in [9.17, 15) is 9.90 Å². The van der Waals surface area contributed by atoms with Gasteiger partial charge in [0, 0.05) is 26.2 Å². The van der Waals surface area contributed by atoms with Crippen LogP contribution in [0.25, 0.3) is 0 Å². The molecule has 0 aromatic heterocycles. The summed E-state index contributed by atoms with van der Waals surface area (Å²) in [6.07, 6.45) is 5.99. The lowest BCUT2D eigenvalue weighted by molar-refractivity contribution is -0.133. The highest BCUT2D eigenvalue weighted by Crippen LogP contribution is 2.11. The number of hydrogen-bond donors (Lipinski definition) is 1. The number of likely N-dealkylation sites (tertiary alicyclic amines) is 1. The first-order valence-corrected chi connectivity index (χ1v) is 8.44. The minimum absolute atomic E-state index is 0.0834. The van der Waals surface area contributed by atoms with E-state index in [0.29, 0.717) is 19.6 Å². The number of benzene rings is 1. The summed E-state index contributed by atoms with van der Waals surface area (Å²) in [5.41, 5.74) is 1.18. The van der Waals surface area contributed by atoms with Crippen molar-refractivity contribution in [3.63, 3.8) is 0 Å². The van der Waals surface area contributed by atoms with Gasteiger partial charge in [0.25, 0.3) is 0 Å². The zero-order chi connectivity index (χ0) is 15.6. The summed E-state index contributed by atoms with van der Waals surface area (Å²) in [6, 6.07) is 10.1. The van der Waals surface area contributed by atoms with Crippen LogP contribution in [0.5, 0.6) is 0 Å². The molecular weight excluding hydrogens is 276 g/mol. The van der Waals surface area contributed by atoms with E-state index < -0.39 is 0 Å². The van der Waals surface area contributed by atoms with Gasteiger partial charge in [0.15, 0.2) is 0 Å². The van der Waals surface area contributed by atoms with Gasteiger partial charge in [0.1, 0.15) is 0 Å². The van der Waals surface area contributed by atoms with Crippen LogP contribution in [0.1, 0.15) is 37.7 Å². The highest BCUT2D eigenvalue weighted by atomic mass is 16.3. The molecule has 1 aliphatic heterocycles. The average molecular weight is 304 g/mol. The SMILES string of the molecule is O=C(CN(CCO)Cc1ccccc1)N1CCCCCCC1. The van der Waals surface area contributed by atoms with Gasteiger partial charge in [-0.25, -0.2) is 0 Å². The highest BCUT2D eigenvalue weighted by Gasteiger charge is 2.18. The third-order valence-electron chi connectivity index (χ3n) is 4.23. The molecule has 4 heteroatoms. The summed E-state index contributed by atoms with van der Waals surface area (Å²) in [4.78, 5) is 16.6. The minimum Gasteiger partial charge on any atom is -0.395 e. The van der Waals surface area contributed by atoms with E-state index in [4.69, 9.17) is 0 Å². The van der Waals surface area contributed by atoms with Gasteiger partial charge >= 0.3 is 0 Å². The molecule has 0 atom stereocenters. The fourth-order valence-electron chi connectivity index (χ4n) is 2.99. The van der Waals surface area contributed by atoms with Crippen molar-refractivity contribution in [1.29, 1.82) is 0 Å². The van der Waals surface area contributed by atoms with Gasteiger partial charge in [0.05, 0.1) is 13.2 Å². The average Bonchev–Trinajstić information content (AvgIpc) is 2.48. The predicted molar refractivity (Wildman–Crippen MR) is 88.5 cm³/mol. The van der Waals surface area contributed by atoms with Crippen LogP contribution in [0.4, 0.5) is 0 Å². The van der Waals surface area contributed by atoms with Crippen LogP contribution >= 0.6 is 0 Å². The molecule has 1 aromatic rings. The van der Waals surface area contributed by atoms with Crippen molar-refractivity contribution < 1.29 is 9.90 Å².